The second-order valence-electron chi connectivity index (χ2n) is 4.23. The maximum atomic E-state index is 11.9. The standard InChI is InChI=1S/C14H19O6/c1-9(2)8-19-20-14(15)10-6-7-11(16-3)13(18-5)12(10)17-4/h6-9H,1-5H3. The van der Waals surface area contributed by atoms with Gasteiger partial charge in [0, 0.05) is 0 Å². The van der Waals surface area contributed by atoms with Gasteiger partial charge in [-0.2, -0.15) is 4.89 Å². The van der Waals surface area contributed by atoms with E-state index in [2.05, 4.69) is 4.89 Å². The molecule has 6 heteroatoms. The highest BCUT2D eigenvalue weighted by atomic mass is 17.2. The van der Waals surface area contributed by atoms with Gasteiger partial charge in [-0.15, -0.1) is 0 Å². The lowest BCUT2D eigenvalue weighted by atomic mass is 10.1. The Morgan fingerprint density at radius 2 is 1.70 bits per heavy atom. The zero-order valence-electron chi connectivity index (χ0n) is 12.3. The molecule has 0 aliphatic rings. The molecule has 0 saturated carbocycles. The molecule has 0 aromatic heterocycles. The van der Waals surface area contributed by atoms with Crippen molar-refractivity contribution in [1.82, 2.24) is 0 Å². The van der Waals surface area contributed by atoms with Crippen molar-refractivity contribution in [2.75, 3.05) is 21.3 Å². The number of rotatable bonds is 7. The maximum absolute atomic E-state index is 11.9. The van der Waals surface area contributed by atoms with Gasteiger partial charge in [0.1, 0.15) is 12.2 Å². The van der Waals surface area contributed by atoms with E-state index in [9.17, 15) is 4.79 Å². The summed E-state index contributed by atoms with van der Waals surface area (Å²) in [6, 6.07) is 3.10. The molecule has 20 heavy (non-hydrogen) atoms. The van der Waals surface area contributed by atoms with Crippen LogP contribution in [0.4, 0.5) is 0 Å². The molecule has 111 valence electrons. The Hall–Kier alpha value is -1.95. The quantitative estimate of drug-likeness (QED) is 0.566. The van der Waals surface area contributed by atoms with Crippen molar-refractivity contribution in [3.05, 3.63) is 24.3 Å². The van der Waals surface area contributed by atoms with Gasteiger partial charge in [0.15, 0.2) is 11.5 Å². The minimum Gasteiger partial charge on any atom is -0.493 e. The maximum Gasteiger partial charge on any atom is 0.376 e. The lowest BCUT2D eigenvalue weighted by Crippen LogP contribution is -2.09. The van der Waals surface area contributed by atoms with E-state index in [0.29, 0.717) is 11.5 Å². The van der Waals surface area contributed by atoms with Crippen LogP contribution < -0.4 is 14.2 Å². The van der Waals surface area contributed by atoms with Crippen LogP contribution >= 0.6 is 0 Å². The van der Waals surface area contributed by atoms with Gasteiger partial charge in [0.2, 0.25) is 5.75 Å². The van der Waals surface area contributed by atoms with E-state index in [1.165, 1.54) is 34.0 Å². The molecule has 0 N–H and O–H groups in total. The van der Waals surface area contributed by atoms with E-state index in [1.54, 1.807) is 6.07 Å². The van der Waals surface area contributed by atoms with Crippen LogP contribution in [0.5, 0.6) is 17.2 Å². The number of carbonyl (C=O) groups excluding carboxylic acids is 1. The van der Waals surface area contributed by atoms with Gasteiger partial charge < -0.3 is 14.2 Å². The van der Waals surface area contributed by atoms with E-state index in [1.807, 2.05) is 13.8 Å². The van der Waals surface area contributed by atoms with Gasteiger partial charge in [0.25, 0.3) is 0 Å². The highest BCUT2D eigenvalue weighted by Gasteiger charge is 2.22. The SMILES string of the molecule is COc1ccc(C(=O)OO[CH]C(C)C)c(OC)c1OC. The van der Waals surface area contributed by atoms with Gasteiger partial charge in [-0.1, -0.05) is 13.8 Å². The van der Waals surface area contributed by atoms with Crippen LogP contribution in [0.1, 0.15) is 24.2 Å². The number of carbonyl (C=O) groups is 1. The molecule has 0 fully saturated rings. The van der Waals surface area contributed by atoms with Crippen molar-refractivity contribution in [1.29, 1.82) is 0 Å². The van der Waals surface area contributed by atoms with Gasteiger partial charge in [-0.05, 0) is 18.1 Å². The topological polar surface area (TPSA) is 63.2 Å². The van der Waals surface area contributed by atoms with Crippen molar-refractivity contribution >= 4 is 5.97 Å². The van der Waals surface area contributed by atoms with Crippen LogP contribution in [0.3, 0.4) is 0 Å². The second-order valence-corrected chi connectivity index (χ2v) is 4.23. The predicted octanol–water partition coefficient (Wildman–Crippen LogP) is 2.62. The van der Waals surface area contributed by atoms with Crippen LogP contribution in [0, 0.1) is 12.5 Å². The zero-order valence-corrected chi connectivity index (χ0v) is 12.3. The van der Waals surface area contributed by atoms with Crippen LogP contribution in [0.15, 0.2) is 12.1 Å². The van der Waals surface area contributed by atoms with Gasteiger partial charge in [-0.25, -0.2) is 4.79 Å². The number of benzene rings is 1. The smallest absolute Gasteiger partial charge is 0.376 e. The van der Waals surface area contributed by atoms with Crippen molar-refractivity contribution in [2.24, 2.45) is 5.92 Å². The Bertz CT molecular complexity index is 455. The third-order valence-corrected chi connectivity index (χ3v) is 2.38. The first kappa shape index (κ1) is 16.1. The van der Waals surface area contributed by atoms with E-state index in [0.717, 1.165) is 0 Å². The fourth-order valence-electron chi connectivity index (χ4n) is 1.49. The molecule has 0 spiro atoms. The molecule has 0 amide bonds. The molecule has 0 unspecified atom stereocenters. The summed E-state index contributed by atoms with van der Waals surface area (Å²) in [5.74, 6) is 0.452. The lowest BCUT2D eigenvalue weighted by molar-refractivity contribution is -0.217. The molecular formula is C14H19O6. The molecule has 0 atom stereocenters. The Labute approximate surface area is 118 Å². The molecule has 6 nitrogen and oxygen atoms in total. The van der Waals surface area contributed by atoms with E-state index < -0.39 is 5.97 Å². The van der Waals surface area contributed by atoms with Crippen LogP contribution in [-0.2, 0) is 9.78 Å². The Kier molecular flexibility index (Phi) is 6.11. The van der Waals surface area contributed by atoms with Gasteiger partial charge in [0.05, 0.1) is 21.3 Å². The van der Waals surface area contributed by atoms with E-state index >= 15 is 0 Å². The fraction of sp³-hybridized carbons (Fsp3) is 0.429. The first-order valence-electron chi connectivity index (χ1n) is 6.05. The van der Waals surface area contributed by atoms with Crippen molar-refractivity contribution < 1.29 is 28.8 Å². The van der Waals surface area contributed by atoms with Crippen LogP contribution in [-0.4, -0.2) is 27.3 Å². The highest BCUT2D eigenvalue weighted by Crippen LogP contribution is 2.39. The fourth-order valence-corrected chi connectivity index (χ4v) is 1.49. The number of hydrogen-bond acceptors (Lipinski definition) is 6. The van der Waals surface area contributed by atoms with Gasteiger partial charge in [-0.3, -0.25) is 4.89 Å². The molecule has 0 heterocycles. The lowest BCUT2D eigenvalue weighted by Gasteiger charge is -2.14. The molecule has 0 aliphatic carbocycles. The third-order valence-electron chi connectivity index (χ3n) is 2.38. The Morgan fingerprint density at radius 1 is 1.05 bits per heavy atom. The predicted molar refractivity (Wildman–Crippen MR) is 71.7 cm³/mol. The summed E-state index contributed by atoms with van der Waals surface area (Å²) in [7, 11) is 4.38. The van der Waals surface area contributed by atoms with Crippen LogP contribution in [0.25, 0.3) is 0 Å². The average molecular weight is 283 g/mol. The van der Waals surface area contributed by atoms with Crippen molar-refractivity contribution in [2.45, 2.75) is 13.8 Å². The molecule has 0 bridgehead atoms. The Morgan fingerprint density at radius 3 is 2.20 bits per heavy atom. The van der Waals surface area contributed by atoms with Crippen LogP contribution in [0.2, 0.25) is 0 Å². The molecule has 1 radical (unpaired) electrons. The summed E-state index contributed by atoms with van der Waals surface area (Å²) in [5, 5.41) is 0. The first-order chi connectivity index (χ1) is 9.54. The summed E-state index contributed by atoms with van der Waals surface area (Å²) in [6.45, 7) is 5.20. The summed E-state index contributed by atoms with van der Waals surface area (Å²) >= 11 is 0. The van der Waals surface area contributed by atoms with E-state index in [4.69, 9.17) is 19.1 Å². The molecule has 1 rings (SSSR count). The zero-order chi connectivity index (χ0) is 15.1. The monoisotopic (exact) mass is 283 g/mol. The number of methoxy groups -OCH3 is 3. The third kappa shape index (κ3) is 3.77. The molecule has 0 aliphatic heterocycles. The number of hydrogen-bond donors (Lipinski definition) is 0. The highest BCUT2D eigenvalue weighted by molar-refractivity contribution is 5.93. The minimum atomic E-state index is -0.681. The van der Waals surface area contributed by atoms with Crippen molar-refractivity contribution in [3.63, 3.8) is 0 Å². The summed E-state index contributed by atoms with van der Waals surface area (Å²) in [4.78, 5) is 21.4. The van der Waals surface area contributed by atoms with E-state index in [-0.39, 0.29) is 17.2 Å². The summed E-state index contributed by atoms with van der Waals surface area (Å²) in [5.41, 5.74) is 0.183. The summed E-state index contributed by atoms with van der Waals surface area (Å²) < 4.78 is 15.5. The minimum absolute atomic E-state index is 0.134. The molecule has 1 aromatic carbocycles. The largest absolute Gasteiger partial charge is 0.493 e. The first-order valence-corrected chi connectivity index (χ1v) is 6.05. The average Bonchev–Trinajstić information content (AvgIpc) is 2.44. The summed E-state index contributed by atoms with van der Waals surface area (Å²) in [6.07, 6.45) is 0. The number of ether oxygens (including phenoxy) is 3. The molecular weight excluding hydrogens is 264 g/mol. The van der Waals surface area contributed by atoms with Gasteiger partial charge >= 0.3 is 5.97 Å². The normalized spacial score (nSPS) is 10.3. The van der Waals surface area contributed by atoms with Crippen molar-refractivity contribution in [3.8, 4) is 17.2 Å². The molecule has 0 saturated heterocycles. The Balaban J connectivity index is 2.97. The molecule has 1 aromatic rings. The second kappa shape index (κ2) is 7.59.